The van der Waals surface area contributed by atoms with Gasteiger partial charge in [-0.25, -0.2) is 4.79 Å². The summed E-state index contributed by atoms with van der Waals surface area (Å²) in [4.78, 5) is 25.0. The maximum Gasteiger partial charge on any atom is 0.339 e. The Kier molecular flexibility index (Phi) is 6.20. The van der Waals surface area contributed by atoms with Crippen molar-refractivity contribution in [2.45, 2.75) is 19.4 Å². The first-order valence-corrected chi connectivity index (χ1v) is 6.91. The van der Waals surface area contributed by atoms with Gasteiger partial charge in [0.05, 0.1) is 5.54 Å². The van der Waals surface area contributed by atoms with Crippen molar-refractivity contribution < 1.29 is 19.4 Å². The van der Waals surface area contributed by atoms with Crippen LogP contribution in [0, 0.1) is 0 Å². The Labute approximate surface area is 135 Å². The zero-order chi connectivity index (χ0) is 15.5. The Balaban J connectivity index is 0.00000242. The van der Waals surface area contributed by atoms with Crippen molar-refractivity contribution >= 4 is 24.3 Å². The van der Waals surface area contributed by atoms with E-state index in [1.807, 2.05) is 18.7 Å². The van der Waals surface area contributed by atoms with Gasteiger partial charge < -0.3 is 15.2 Å². The molecule has 1 fully saturated rings. The lowest BCUT2D eigenvalue weighted by molar-refractivity contribution is -0.135. The molecule has 7 heteroatoms. The number of carboxylic acid groups (broad SMARTS) is 1. The molecule has 1 saturated heterocycles. The van der Waals surface area contributed by atoms with E-state index in [1.165, 1.54) is 6.07 Å². The molecule has 22 heavy (non-hydrogen) atoms. The molecule has 1 aromatic carbocycles. The molecule has 6 nitrogen and oxygen atoms in total. The van der Waals surface area contributed by atoms with Gasteiger partial charge in [0.15, 0.2) is 0 Å². The third kappa shape index (κ3) is 3.90. The largest absolute Gasteiger partial charge is 0.491 e. The van der Waals surface area contributed by atoms with Gasteiger partial charge >= 0.3 is 5.97 Å². The Morgan fingerprint density at radius 2 is 2.09 bits per heavy atom. The first-order valence-electron chi connectivity index (χ1n) is 6.91. The molecule has 0 aromatic heterocycles. The van der Waals surface area contributed by atoms with Crippen molar-refractivity contribution in [3.05, 3.63) is 29.8 Å². The van der Waals surface area contributed by atoms with Crippen LogP contribution >= 0.6 is 12.4 Å². The van der Waals surface area contributed by atoms with Crippen LogP contribution in [0.3, 0.4) is 0 Å². The number of halogens is 1. The van der Waals surface area contributed by atoms with Crippen LogP contribution in [0.4, 0.5) is 0 Å². The highest BCUT2D eigenvalue weighted by molar-refractivity contribution is 5.90. The Morgan fingerprint density at radius 3 is 2.77 bits per heavy atom. The number of ether oxygens (including phenoxy) is 1. The highest BCUT2D eigenvalue weighted by Gasteiger charge is 2.37. The van der Waals surface area contributed by atoms with E-state index in [0.717, 1.165) is 6.54 Å². The van der Waals surface area contributed by atoms with Crippen molar-refractivity contribution in [1.29, 1.82) is 0 Å². The molecule has 1 heterocycles. The SMILES string of the molecule is CC1(C)C(=O)NCCN1CCOc1ccccc1C(=O)O.Cl. The lowest BCUT2D eigenvalue weighted by Gasteiger charge is -2.41. The summed E-state index contributed by atoms with van der Waals surface area (Å²) in [5.41, 5.74) is -0.429. The number of benzene rings is 1. The van der Waals surface area contributed by atoms with E-state index in [2.05, 4.69) is 5.32 Å². The highest BCUT2D eigenvalue weighted by Crippen LogP contribution is 2.20. The molecule has 0 saturated carbocycles. The predicted molar refractivity (Wildman–Crippen MR) is 84.8 cm³/mol. The topological polar surface area (TPSA) is 78.9 Å². The summed E-state index contributed by atoms with van der Waals surface area (Å²) in [5, 5.41) is 11.9. The molecule has 0 aliphatic carbocycles. The minimum absolute atomic E-state index is 0. The van der Waals surface area contributed by atoms with Crippen molar-refractivity contribution in [3.8, 4) is 5.75 Å². The van der Waals surface area contributed by atoms with Gasteiger partial charge in [-0.05, 0) is 26.0 Å². The summed E-state index contributed by atoms with van der Waals surface area (Å²) in [6, 6.07) is 6.54. The Hall–Kier alpha value is -1.79. The van der Waals surface area contributed by atoms with Gasteiger partial charge in [-0.3, -0.25) is 9.69 Å². The van der Waals surface area contributed by atoms with Gasteiger partial charge in [-0.15, -0.1) is 12.4 Å². The van der Waals surface area contributed by atoms with Gasteiger partial charge in [0.1, 0.15) is 17.9 Å². The molecular weight excluding hydrogens is 308 g/mol. The first-order chi connectivity index (χ1) is 9.93. The van der Waals surface area contributed by atoms with Crippen molar-refractivity contribution in [1.82, 2.24) is 10.2 Å². The van der Waals surface area contributed by atoms with Crippen LogP contribution in [-0.2, 0) is 4.79 Å². The average molecular weight is 329 g/mol. The smallest absolute Gasteiger partial charge is 0.339 e. The normalized spacial score (nSPS) is 17.3. The molecule has 0 radical (unpaired) electrons. The molecule has 2 rings (SSSR count). The first kappa shape index (κ1) is 18.3. The standard InChI is InChI=1S/C15H20N2O4.ClH/c1-15(2)14(20)16-7-8-17(15)9-10-21-12-6-4-3-5-11(12)13(18)19;/h3-6H,7-10H2,1-2H3,(H,16,20)(H,18,19);1H. The van der Waals surface area contributed by atoms with Crippen LogP contribution in [0.15, 0.2) is 24.3 Å². The number of nitrogens with one attached hydrogen (secondary N) is 1. The summed E-state index contributed by atoms with van der Waals surface area (Å²) in [6.45, 7) is 6.01. The number of para-hydroxylation sites is 1. The number of nitrogens with zero attached hydrogens (tertiary/aromatic N) is 1. The molecule has 1 aliphatic rings. The van der Waals surface area contributed by atoms with Crippen molar-refractivity contribution in [3.63, 3.8) is 0 Å². The van der Waals surface area contributed by atoms with Gasteiger partial charge in [-0.2, -0.15) is 0 Å². The summed E-state index contributed by atoms with van der Waals surface area (Å²) in [7, 11) is 0. The zero-order valence-corrected chi connectivity index (χ0v) is 13.5. The fourth-order valence-electron chi connectivity index (χ4n) is 2.37. The molecule has 1 aliphatic heterocycles. The van der Waals surface area contributed by atoms with E-state index in [4.69, 9.17) is 9.84 Å². The van der Waals surface area contributed by atoms with E-state index in [1.54, 1.807) is 18.2 Å². The molecule has 0 unspecified atom stereocenters. The van der Waals surface area contributed by atoms with Crippen LogP contribution in [0.25, 0.3) is 0 Å². The highest BCUT2D eigenvalue weighted by atomic mass is 35.5. The van der Waals surface area contributed by atoms with Crippen LogP contribution in [0.1, 0.15) is 24.2 Å². The van der Waals surface area contributed by atoms with E-state index >= 15 is 0 Å². The van der Waals surface area contributed by atoms with Crippen LogP contribution < -0.4 is 10.1 Å². The van der Waals surface area contributed by atoms with Gasteiger partial charge in [0, 0.05) is 19.6 Å². The number of rotatable bonds is 5. The quantitative estimate of drug-likeness (QED) is 0.854. The van der Waals surface area contributed by atoms with Crippen LogP contribution in [-0.4, -0.2) is 53.7 Å². The minimum Gasteiger partial charge on any atom is -0.491 e. The summed E-state index contributed by atoms with van der Waals surface area (Å²) >= 11 is 0. The Morgan fingerprint density at radius 1 is 1.41 bits per heavy atom. The third-order valence-electron chi connectivity index (χ3n) is 3.75. The van der Waals surface area contributed by atoms with Crippen LogP contribution in [0.5, 0.6) is 5.75 Å². The zero-order valence-electron chi connectivity index (χ0n) is 12.7. The molecule has 0 atom stereocenters. The second-order valence-electron chi connectivity index (χ2n) is 5.45. The summed E-state index contributed by atoms with van der Waals surface area (Å²) in [5.74, 6) is -0.660. The van der Waals surface area contributed by atoms with Crippen molar-refractivity contribution in [2.75, 3.05) is 26.2 Å². The predicted octanol–water partition coefficient (Wildman–Crippen LogP) is 1.40. The van der Waals surface area contributed by atoms with Crippen molar-refractivity contribution in [2.24, 2.45) is 0 Å². The fraction of sp³-hybridized carbons (Fsp3) is 0.467. The van der Waals surface area contributed by atoms with Crippen LogP contribution in [0.2, 0.25) is 0 Å². The molecule has 0 bridgehead atoms. The van der Waals surface area contributed by atoms with E-state index in [9.17, 15) is 9.59 Å². The maximum absolute atomic E-state index is 11.8. The monoisotopic (exact) mass is 328 g/mol. The number of hydrogen-bond acceptors (Lipinski definition) is 4. The number of aromatic carboxylic acids is 1. The number of carboxylic acids is 1. The summed E-state index contributed by atoms with van der Waals surface area (Å²) < 4.78 is 5.58. The molecule has 1 amide bonds. The maximum atomic E-state index is 11.8. The lowest BCUT2D eigenvalue weighted by Crippen LogP contribution is -2.62. The fourth-order valence-corrected chi connectivity index (χ4v) is 2.37. The number of hydrogen-bond donors (Lipinski definition) is 2. The number of amides is 1. The Bertz CT molecular complexity index is 548. The lowest BCUT2D eigenvalue weighted by atomic mass is 9.99. The number of carbonyl (C=O) groups excluding carboxylic acids is 1. The number of carbonyl (C=O) groups is 2. The summed E-state index contributed by atoms with van der Waals surface area (Å²) in [6.07, 6.45) is 0. The van der Waals surface area contributed by atoms with E-state index in [-0.39, 0.29) is 23.9 Å². The average Bonchev–Trinajstić information content (AvgIpc) is 2.44. The molecule has 122 valence electrons. The second kappa shape index (κ2) is 7.47. The molecule has 2 N–H and O–H groups in total. The number of piperazine rings is 1. The van der Waals surface area contributed by atoms with Gasteiger partial charge in [0.25, 0.3) is 0 Å². The van der Waals surface area contributed by atoms with Gasteiger partial charge in [-0.1, -0.05) is 12.1 Å². The molecular formula is C15H21ClN2O4. The van der Waals surface area contributed by atoms with E-state index < -0.39 is 11.5 Å². The molecule has 0 spiro atoms. The second-order valence-corrected chi connectivity index (χ2v) is 5.45. The van der Waals surface area contributed by atoms with E-state index in [0.29, 0.717) is 25.4 Å². The third-order valence-corrected chi connectivity index (χ3v) is 3.75. The molecule has 1 aromatic rings. The minimum atomic E-state index is -1.01. The van der Waals surface area contributed by atoms with Gasteiger partial charge in [0.2, 0.25) is 5.91 Å².